The quantitative estimate of drug-likeness (QED) is 0.558. The smallest absolute Gasteiger partial charge is 0.0683 e. The Bertz CT molecular complexity index is 232. The molecule has 0 spiro atoms. The number of rotatable bonds is 6. The maximum atomic E-state index is 8.92. The number of nitrogens with zero attached hydrogens (tertiary/aromatic N) is 1. The standard InChI is InChI=1S/C15H28N2/c1-15(2,13-16)11-7-8-12-17-14-9-5-3-4-6-10-14/h14,17H,3-12H2,1-2H3. The van der Waals surface area contributed by atoms with E-state index in [4.69, 9.17) is 5.26 Å². The number of hydrogen-bond acceptors (Lipinski definition) is 2. The van der Waals surface area contributed by atoms with Gasteiger partial charge in [-0.25, -0.2) is 0 Å². The lowest BCUT2D eigenvalue weighted by atomic mass is 9.89. The Hall–Kier alpha value is -0.550. The van der Waals surface area contributed by atoms with Crippen LogP contribution in [0.4, 0.5) is 0 Å². The second-order valence-corrected chi connectivity index (χ2v) is 6.10. The normalized spacial score (nSPS) is 18.6. The summed E-state index contributed by atoms with van der Waals surface area (Å²) in [5.74, 6) is 0. The molecule has 98 valence electrons. The summed E-state index contributed by atoms with van der Waals surface area (Å²) >= 11 is 0. The van der Waals surface area contributed by atoms with Crippen molar-refractivity contribution in [3.8, 4) is 6.07 Å². The van der Waals surface area contributed by atoms with Gasteiger partial charge in [-0.2, -0.15) is 5.26 Å². The van der Waals surface area contributed by atoms with Gasteiger partial charge in [0.15, 0.2) is 0 Å². The molecule has 0 atom stereocenters. The SMILES string of the molecule is CC(C)(C#N)CCCCNC1CCCCCC1. The molecule has 0 radical (unpaired) electrons. The first-order valence-corrected chi connectivity index (χ1v) is 7.29. The van der Waals surface area contributed by atoms with Crippen LogP contribution in [0.5, 0.6) is 0 Å². The number of hydrogen-bond donors (Lipinski definition) is 1. The maximum absolute atomic E-state index is 8.92. The van der Waals surface area contributed by atoms with Crippen molar-refractivity contribution in [2.45, 2.75) is 77.7 Å². The maximum Gasteiger partial charge on any atom is 0.0683 e. The third-order valence-corrected chi connectivity index (χ3v) is 3.82. The van der Waals surface area contributed by atoms with E-state index in [1.807, 2.05) is 13.8 Å². The fourth-order valence-electron chi connectivity index (χ4n) is 2.54. The Kier molecular flexibility index (Phi) is 6.58. The van der Waals surface area contributed by atoms with Crippen LogP contribution in [0.25, 0.3) is 0 Å². The van der Waals surface area contributed by atoms with Crippen molar-refractivity contribution in [2.75, 3.05) is 6.54 Å². The molecule has 0 bridgehead atoms. The lowest BCUT2D eigenvalue weighted by molar-refractivity contribution is 0.405. The average Bonchev–Trinajstić information content (AvgIpc) is 2.57. The zero-order valence-corrected chi connectivity index (χ0v) is 11.6. The second kappa shape index (κ2) is 7.71. The van der Waals surface area contributed by atoms with Crippen LogP contribution in [0.15, 0.2) is 0 Å². The number of nitriles is 1. The van der Waals surface area contributed by atoms with Crippen LogP contribution in [0.1, 0.15) is 71.6 Å². The van der Waals surface area contributed by atoms with Crippen LogP contribution < -0.4 is 5.32 Å². The van der Waals surface area contributed by atoms with Crippen molar-refractivity contribution in [2.24, 2.45) is 5.41 Å². The second-order valence-electron chi connectivity index (χ2n) is 6.10. The van der Waals surface area contributed by atoms with E-state index in [-0.39, 0.29) is 5.41 Å². The zero-order valence-electron chi connectivity index (χ0n) is 11.6. The molecule has 1 fully saturated rings. The molecule has 2 nitrogen and oxygen atoms in total. The van der Waals surface area contributed by atoms with Gasteiger partial charge in [-0.05, 0) is 46.1 Å². The molecule has 1 rings (SSSR count). The van der Waals surface area contributed by atoms with E-state index in [2.05, 4.69) is 11.4 Å². The first-order valence-electron chi connectivity index (χ1n) is 7.29. The highest BCUT2D eigenvalue weighted by atomic mass is 14.9. The van der Waals surface area contributed by atoms with E-state index in [1.165, 1.54) is 51.4 Å². The molecular weight excluding hydrogens is 208 g/mol. The van der Waals surface area contributed by atoms with Crippen molar-refractivity contribution in [3.63, 3.8) is 0 Å². The van der Waals surface area contributed by atoms with E-state index >= 15 is 0 Å². The van der Waals surface area contributed by atoms with Gasteiger partial charge in [-0.3, -0.25) is 0 Å². The molecule has 0 aromatic heterocycles. The summed E-state index contributed by atoms with van der Waals surface area (Å²) in [6.07, 6.45) is 11.8. The molecule has 0 aliphatic heterocycles. The van der Waals surface area contributed by atoms with Crippen molar-refractivity contribution >= 4 is 0 Å². The van der Waals surface area contributed by atoms with Crippen LogP contribution in [-0.2, 0) is 0 Å². The van der Waals surface area contributed by atoms with E-state index in [9.17, 15) is 0 Å². The zero-order chi connectivity index (χ0) is 12.6. The predicted molar refractivity (Wildman–Crippen MR) is 72.7 cm³/mol. The summed E-state index contributed by atoms with van der Waals surface area (Å²) in [4.78, 5) is 0. The van der Waals surface area contributed by atoms with E-state index < -0.39 is 0 Å². The molecule has 17 heavy (non-hydrogen) atoms. The summed E-state index contributed by atoms with van der Waals surface area (Å²) in [7, 11) is 0. The van der Waals surface area contributed by atoms with Crippen LogP contribution in [-0.4, -0.2) is 12.6 Å². The highest BCUT2D eigenvalue weighted by molar-refractivity contribution is 4.91. The Morgan fingerprint density at radius 1 is 1.12 bits per heavy atom. The Labute approximate surface area is 107 Å². The molecule has 0 unspecified atom stereocenters. The Morgan fingerprint density at radius 2 is 1.76 bits per heavy atom. The van der Waals surface area contributed by atoms with Gasteiger partial charge in [-0.15, -0.1) is 0 Å². The van der Waals surface area contributed by atoms with E-state index in [1.54, 1.807) is 0 Å². The molecule has 1 aliphatic carbocycles. The van der Waals surface area contributed by atoms with Gasteiger partial charge in [0.2, 0.25) is 0 Å². The van der Waals surface area contributed by atoms with Gasteiger partial charge in [0.25, 0.3) is 0 Å². The van der Waals surface area contributed by atoms with Crippen molar-refractivity contribution in [1.82, 2.24) is 5.32 Å². The topological polar surface area (TPSA) is 35.8 Å². The molecule has 1 aliphatic rings. The molecule has 0 aromatic carbocycles. The average molecular weight is 236 g/mol. The molecular formula is C15H28N2. The molecule has 1 N–H and O–H groups in total. The molecule has 1 saturated carbocycles. The Balaban J connectivity index is 2.02. The van der Waals surface area contributed by atoms with Crippen LogP contribution in [0.3, 0.4) is 0 Å². The lowest BCUT2D eigenvalue weighted by Crippen LogP contribution is -2.29. The summed E-state index contributed by atoms with van der Waals surface area (Å²) in [5, 5.41) is 12.6. The minimum Gasteiger partial charge on any atom is -0.314 e. The molecule has 0 amide bonds. The third kappa shape index (κ3) is 6.68. The van der Waals surface area contributed by atoms with Crippen molar-refractivity contribution in [1.29, 1.82) is 5.26 Å². The number of nitrogens with one attached hydrogen (secondary N) is 1. The fraction of sp³-hybridized carbons (Fsp3) is 0.933. The van der Waals surface area contributed by atoms with Gasteiger partial charge in [-0.1, -0.05) is 32.1 Å². The predicted octanol–water partition coefficient (Wildman–Crippen LogP) is 4.02. The van der Waals surface area contributed by atoms with Gasteiger partial charge < -0.3 is 5.32 Å². The minimum atomic E-state index is -0.137. The first kappa shape index (κ1) is 14.5. The summed E-state index contributed by atoms with van der Waals surface area (Å²) < 4.78 is 0. The highest BCUT2D eigenvalue weighted by Gasteiger charge is 2.15. The summed E-state index contributed by atoms with van der Waals surface area (Å²) in [5.41, 5.74) is -0.137. The minimum absolute atomic E-state index is 0.137. The largest absolute Gasteiger partial charge is 0.314 e. The van der Waals surface area contributed by atoms with Gasteiger partial charge in [0.1, 0.15) is 0 Å². The van der Waals surface area contributed by atoms with Crippen molar-refractivity contribution < 1.29 is 0 Å². The lowest BCUT2D eigenvalue weighted by Gasteiger charge is -2.17. The summed E-state index contributed by atoms with van der Waals surface area (Å²) in [6.45, 7) is 5.20. The van der Waals surface area contributed by atoms with E-state index in [0.717, 1.165) is 19.0 Å². The molecule has 0 heterocycles. The summed E-state index contributed by atoms with van der Waals surface area (Å²) in [6, 6.07) is 3.13. The van der Waals surface area contributed by atoms with Crippen LogP contribution >= 0.6 is 0 Å². The third-order valence-electron chi connectivity index (χ3n) is 3.82. The van der Waals surface area contributed by atoms with Crippen LogP contribution in [0.2, 0.25) is 0 Å². The van der Waals surface area contributed by atoms with E-state index in [0.29, 0.717) is 0 Å². The van der Waals surface area contributed by atoms with Gasteiger partial charge >= 0.3 is 0 Å². The van der Waals surface area contributed by atoms with Gasteiger partial charge in [0, 0.05) is 6.04 Å². The number of unbranched alkanes of at least 4 members (excludes halogenated alkanes) is 1. The van der Waals surface area contributed by atoms with Crippen molar-refractivity contribution in [3.05, 3.63) is 0 Å². The highest BCUT2D eigenvalue weighted by Crippen LogP contribution is 2.21. The molecule has 2 heteroatoms. The molecule has 0 saturated heterocycles. The van der Waals surface area contributed by atoms with Gasteiger partial charge in [0.05, 0.1) is 11.5 Å². The Morgan fingerprint density at radius 3 is 2.35 bits per heavy atom. The monoisotopic (exact) mass is 236 g/mol. The molecule has 0 aromatic rings. The van der Waals surface area contributed by atoms with Crippen LogP contribution in [0, 0.1) is 16.7 Å². The fourth-order valence-corrected chi connectivity index (χ4v) is 2.54. The first-order chi connectivity index (χ1) is 8.14.